The molecule has 2 heterocycles. The van der Waals surface area contributed by atoms with Crippen LogP contribution in [0.2, 0.25) is 0 Å². The van der Waals surface area contributed by atoms with E-state index in [4.69, 9.17) is 0 Å². The largest absolute Gasteiger partial charge is 0.355 e. The molecule has 0 spiro atoms. The fraction of sp³-hybridized carbons (Fsp3) is 0.688. The van der Waals surface area contributed by atoms with Gasteiger partial charge in [-0.05, 0) is 56.3 Å². The molecule has 1 amide bonds. The third-order valence-electron chi connectivity index (χ3n) is 4.14. The Bertz CT molecular complexity index is 609. The number of thiophene rings is 1. The molecule has 0 bridgehead atoms. The van der Waals surface area contributed by atoms with Crippen molar-refractivity contribution in [2.75, 3.05) is 26.2 Å². The second-order valence-electron chi connectivity index (χ2n) is 6.47. The first-order chi connectivity index (χ1) is 11.4. The van der Waals surface area contributed by atoms with Gasteiger partial charge in [0.05, 0.1) is 0 Å². The van der Waals surface area contributed by atoms with Crippen molar-refractivity contribution in [3.8, 4) is 0 Å². The summed E-state index contributed by atoms with van der Waals surface area (Å²) < 4.78 is 27.4. The number of hydrogen-bond acceptors (Lipinski definition) is 5. The molecule has 1 fully saturated rings. The quantitative estimate of drug-likeness (QED) is 0.645. The molecule has 1 saturated heterocycles. The molecule has 136 valence electrons. The smallest absolute Gasteiger partial charge is 0.250 e. The van der Waals surface area contributed by atoms with Gasteiger partial charge in [-0.1, -0.05) is 19.9 Å². The van der Waals surface area contributed by atoms with Crippen LogP contribution in [0.5, 0.6) is 0 Å². The molecular formula is C16H27N3O3S2. The Kier molecular flexibility index (Phi) is 7.21. The highest BCUT2D eigenvalue weighted by Gasteiger charge is 2.28. The van der Waals surface area contributed by atoms with Gasteiger partial charge in [-0.3, -0.25) is 4.79 Å². The number of nitrogens with one attached hydrogen (secondary N) is 2. The van der Waals surface area contributed by atoms with E-state index in [1.54, 1.807) is 17.5 Å². The van der Waals surface area contributed by atoms with E-state index in [1.165, 1.54) is 12.8 Å². The summed E-state index contributed by atoms with van der Waals surface area (Å²) in [6, 6.07) is 2.46. The molecule has 8 heteroatoms. The molecule has 0 saturated carbocycles. The van der Waals surface area contributed by atoms with Gasteiger partial charge in [0.15, 0.2) is 0 Å². The van der Waals surface area contributed by atoms with Crippen LogP contribution in [0.4, 0.5) is 0 Å². The summed E-state index contributed by atoms with van der Waals surface area (Å²) in [5.74, 6) is -0.384. The van der Waals surface area contributed by atoms with E-state index >= 15 is 0 Å². The van der Waals surface area contributed by atoms with Crippen LogP contribution >= 0.6 is 11.3 Å². The number of likely N-dealkylation sites (tertiary alicyclic amines) is 1. The second-order valence-corrected chi connectivity index (χ2v) is 9.36. The molecule has 0 unspecified atom stereocenters. The number of carbonyl (C=O) groups is 1. The van der Waals surface area contributed by atoms with E-state index in [-0.39, 0.29) is 16.0 Å². The standard InChI is InChI=1S/C16H27N3O3S2/c1-13(2)15(18-24(21,22)14-7-5-12-23-14)16(20)17-8-6-11-19-9-3-4-10-19/h5,7,12-13,15,18H,3-4,6,8-11H2,1-2H3,(H,17,20)/t15-/m1/s1. The first-order valence-electron chi connectivity index (χ1n) is 8.46. The number of sulfonamides is 1. The zero-order valence-electron chi connectivity index (χ0n) is 14.3. The topological polar surface area (TPSA) is 78.5 Å². The molecule has 6 nitrogen and oxygen atoms in total. The summed E-state index contributed by atoms with van der Waals surface area (Å²) >= 11 is 1.14. The number of nitrogens with zero attached hydrogens (tertiary/aromatic N) is 1. The van der Waals surface area contributed by atoms with Crippen molar-refractivity contribution >= 4 is 27.3 Å². The lowest BCUT2D eigenvalue weighted by Gasteiger charge is -2.21. The summed E-state index contributed by atoms with van der Waals surface area (Å²) in [5.41, 5.74) is 0. The second kappa shape index (κ2) is 8.94. The Morgan fingerprint density at radius 2 is 2.04 bits per heavy atom. The third kappa shape index (κ3) is 5.54. The van der Waals surface area contributed by atoms with Crippen LogP contribution in [0, 0.1) is 5.92 Å². The molecule has 1 aliphatic heterocycles. The minimum atomic E-state index is -3.65. The first-order valence-corrected chi connectivity index (χ1v) is 10.8. The highest BCUT2D eigenvalue weighted by atomic mass is 32.2. The molecule has 1 aliphatic rings. The van der Waals surface area contributed by atoms with E-state index in [0.29, 0.717) is 6.54 Å². The fourth-order valence-electron chi connectivity index (χ4n) is 2.76. The molecule has 1 aromatic heterocycles. The van der Waals surface area contributed by atoms with Crippen LogP contribution in [0.25, 0.3) is 0 Å². The highest BCUT2D eigenvalue weighted by Crippen LogP contribution is 2.17. The van der Waals surface area contributed by atoms with Gasteiger partial charge in [0.25, 0.3) is 10.0 Å². The van der Waals surface area contributed by atoms with Gasteiger partial charge in [-0.2, -0.15) is 4.72 Å². The lowest BCUT2D eigenvalue weighted by Crippen LogP contribution is -2.49. The Hall–Kier alpha value is -0.960. The summed E-state index contributed by atoms with van der Waals surface area (Å²) in [7, 11) is -3.65. The van der Waals surface area contributed by atoms with E-state index in [2.05, 4.69) is 14.9 Å². The molecule has 24 heavy (non-hydrogen) atoms. The Balaban J connectivity index is 1.83. The number of rotatable bonds is 9. The van der Waals surface area contributed by atoms with E-state index in [0.717, 1.165) is 37.4 Å². The number of amides is 1. The van der Waals surface area contributed by atoms with Crippen molar-refractivity contribution in [1.29, 1.82) is 0 Å². The number of carbonyl (C=O) groups excluding carboxylic acids is 1. The monoisotopic (exact) mass is 373 g/mol. The van der Waals surface area contributed by atoms with Crippen LogP contribution in [0.15, 0.2) is 21.7 Å². The van der Waals surface area contributed by atoms with Crippen LogP contribution in [-0.4, -0.2) is 51.4 Å². The molecule has 0 aromatic carbocycles. The highest BCUT2D eigenvalue weighted by molar-refractivity contribution is 7.91. The van der Waals surface area contributed by atoms with Gasteiger partial charge in [-0.25, -0.2) is 8.42 Å². The average Bonchev–Trinajstić information content (AvgIpc) is 3.21. The molecule has 2 rings (SSSR count). The molecule has 1 aromatic rings. The van der Waals surface area contributed by atoms with Crippen LogP contribution in [0.3, 0.4) is 0 Å². The normalized spacial score (nSPS) is 17.3. The maximum Gasteiger partial charge on any atom is 0.250 e. The maximum absolute atomic E-state index is 12.4. The minimum Gasteiger partial charge on any atom is -0.355 e. The summed E-state index contributed by atoms with van der Waals surface area (Å²) in [4.78, 5) is 14.8. The minimum absolute atomic E-state index is 0.127. The Morgan fingerprint density at radius 3 is 2.62 bits per heavy atom. The van der Waals surface area contributed by atoms with E-state index in [9.17, 15) is 13.2 Å². The van der Waals surface area contributed by atoms with Crippen molar-refractivity contribution in [3.05, 3.63) is 17.5 Å². The van der Waals surface area contributed by atoms with Gasteiger partial charge in [0.2, 0.25) is 5.91 Å². The van der Waals surface area contributed by atoms with E-state index < -0.39 is 16.1 Å². The van der Waals surface area contributed by atoms with Gasteiger partial charge in [0.1, 0.15) is 10.3 Å². The van der Waals surface area contributed by atoms with Gasteiger partial charge in [-0.15, -0.1) is 11.3 Å². The van der Waals surface area contributed by atoms with Crippen LogP contribution in [0.1, 0.15) is 33.1 Å². The van der Waals surface area contributed by atoms with Crippen LogP contribution in [-0.2, 0) is 14.8 Å². The van der Waals surface area contributed by atoms with Crippen molar-refractivity contribution in [1.82, 2.24) is 14.9 Å². The van der Waals surface area contributed by atoms with E-state index in [1.807, 2.05) is 13.8 Å². The predicted molar refractivity (Wildman–Crippen MR) is 96.6 cm³/mol. The zero-order valence-corrected chi connectivity index (χ0v) is 16.0. The fourth-order valence-corrected chi connectivity index (χ4v) is 5.12. The molecule has 1 atom stereocenters. The first kappa shape index (κ1) is 19.4. The molecule has 0 aliphatic carbocycles. The van der Waals surface area contributed by atoms with Crippen molar-refractivity contribution in [2.45, 2.75) is 43.4 Å². The lowest BCUT2D eigenvalue weighted by atomic mass is 10.1. The lowest BCUT2D eigenvalue weighted by molar-refractivity contribution is -0.123. The van der Waals surface area contributed by atoms with Gasteiger partial charge >= 0.3 is 0 Å². The summed E-state index contributed by atoms with van der Waals surface area (Å²) in [6.07, 6.45) is 3.40. The van der Waals surface area contributed by atoms with Crippen LogP contribution < -0.4 is 10.0 Å². The predicted octanol–water partition coefficient (Wildman–Crippen LogP) is 1.65. The molecular weight excluding hydrogens is 346 g/mol. The summed E-state index contributed by atoms with van der Waals surface area (Å²) in [5, 5.41) is 4.57. The maximum atomic E-state index is 12.4. The SMILES string of the molecule is CC(C)[C@@H](NS(=O)(=O)c1cccs1)C(=O)NCCCN1CCCC1. The van der Waals surface area contributed by atoms with Crippen molar-refractivity contribution < 1.29 is 13.2 Å². The van der Waals surface area contributed by atoms with Gasteiger partial charge in [0, 0.05) is 6.54 Å². The Morgan fingerprint density at radius 1 is 1.33 bits per heavy atom. The number of hydrogen-bond donors (Lipinski definition) is 2. The van der Waals surface area contributed by atoms with Crippen molar-refractivity contribution in [2.24, 2.45) is 5.92 Å². The zero-order chi connectivity index (χ0) is 17.6. The molecule has 2 N–H and O–H groups in total. The third-order valence-corrected chi connectivity index (χ3v) is 6.98. The van der Waals surface area contributed by atoms with Gasteiger partial charge < -0.3 is 10.2 Å². The average molecular weight is 374 g/mol. The summed E-state index contributed by atoms with van der Waals surface area (Å²) in [6.45, 7) is 7.51. The van der Waals surface area contributed by atoms with Crippen molar-refractivity contribution in [3.63, 3.8) is 0 Å². The molecule has 0 radical (unpaired) electrons. The Labute approximate surface area is 148 Å².